The van der Waals surface area contributed by atoms with Crippen LogP contribution in [0.1, 0.15) is 37.3 Å². The fourth-order valence-corrected chi connectivity index (χ4v) is 4.19. The number of hydrogen-bond donors (Lipinski definition) is 1. The molecule has 2 aliphatic heterocycles. The molecule has 2 heterocycles. The maximum atomic E-state index is 12.9. The molecular weight excluding hydrogens is 390 g/mol. The van der Waals surface area contributed by atoms with Gasteiger partial charge in [0.15, 0.2) is 0 Å². The lowest BCUT2D eigenvalue weighted by Crippen LogP contribution is -2.35. The molecule has 2 amide bonds. The van der Waals surface area contributed by atoms with E-state index in [1.807, 2.05) is 30.3 Å². The number of nitrogens with zero attached hydrogens (tertiary/aromatic N) is 2. The Morgan fingerprint density at radius 2 is 1.90 bits per heavy atom. The second kappa shape index (κ2) is 9.62. The summed E-state index contributed by atoms with van der Waals surface area (Å²) in [6.07, 6.45) is 0.241. The summed E-state index contributed by atoms with van der Waals surface area (Å²) in [7, 11) is 0. The highest BCUT2D eigenvalue weighted by atomic mass is 16.5. The summed E-state index contributed by atoms with van der Waals surface area (Å²) in [5.74, 6) is -0.0545. The van der Waals surface area contributed by atoms with Crippen molar-refractivity contribution in [1.82, 2.24) is 4.90 Å². The molecule has 2 aromatic carbocycles. The summed E-state index contributed by atoms with van der Waals surface area (Å²) in [6, 6.07) is 16.0. The van der Waals surface area contributed by atoms with Crippen LogP contribution in [-0.4, -0.2) is 49.6 Å². The van der Waals surface area contributed by atoms with Gasteiger partial charge in [-0.2, -0.15) is 0 Å². The molecule has 164 valence electrons. The number of benzene rings is 2. The van der Waals surface area contributed by atoms with Gasteiger partial charge in [-0.3, -0.25) is 14.5 Å². The van der Waals surface area contributed by atoms with Crippen LogP contribution in [0.4, 0.5) is 11.4 Å². The highest BCUT2D eigenvalue weighted by molar-refractivity contribution is 6.03. The fraction of sp³-hybridized carbons (Fsp3) is 0.440. The molecule has 2 saturated heterocycles. The van der Waals surface area contributed by atoms with Gasteiger partial charge in [0.1, 0.15) is 0 Å². The van der Waals surface area contributed by atoms with E-state index in [4.69, 9.17) is 4.74 Å². The van der Waals surface area contributed by atoms with Gasteiger partial charge in [0.2, 0.25) is 11.8 Å². The molecule has 2 fully saturated rings. The Balaban J connectivity index is 1.38. The summed E-state index contributed by atoms with van der Waals surface area (Å²) in [4.78, 5) is 29.6. The summed E-state index contributed by atoms with van der Waals surface area (Å²) in [6.45, 7) is 8.91. The zero-order valence-corrected chi connectivity index (χ0v) is 18.3. The van der Waals surface area contributed by atoms with Gasteiger partial charge in [-0.05, 0) is 41.3 Å². The van der Waals surface area contributed by atoms with Crippen molar-refractivity contribution in [2.75, 3.05) is 43.1 Å². The van der Waals surface area contributed by atoms with E-state index in [0.29, 0.717) is 12.5 Å². The van der Waals surface area contributed by atoms with Gasteiger partial charge < -0.3 is 15.0 Å². The predicted octanol–water partition coefficient (Wildman–Crippen LogP) is 3.63. The maximum Gasteiger partial charge on any atom is 0.229 e. The first-order valence-electron chi connectivity index (χ1n) is 11.1. The van der Waals surface area contributed by atoms with Crippen molar-refractivity contribution in [3.05, 3.63) is 59.7 Å². The molecular formula is C25H31N3O3. The van der Waals surface area contributed by atoms with Crippen molar-refractivity contribution in [2.24, 2.45) is 5.92 Å². The van der Waals surface area contributed by atoms with Crippen LogP contribution in [0, 0.1) is 5.92 Å². The van der Waals surface area contributed by atoms with Gasteiger partial charge in [0.25, 0.3) is 0 Å². The minimum absolute atomic E-state index is 0.00197. The van der Waals surface area contributed by atoms with E-state index < -0.39 is 0 Å². The number of anilines is 2. The Hall–Kier alpha value is -2.70. The third kappa shape index (κ3) is 5.32. The van der Waals surface area contributed by atoms with E-state index in [-0.39, 0.29) is 24.2 Å². The molecule has 0 aliphatic carbocycles. The first kappa shape index (κ1) is 21.5. The molecule has 0 radical (unpaired) electrons. The first-order chi connectivity index (χ1) is 15.0. The quantitative estimate of drug-likeness (QED) is 0.774. The topological polar surface area (TPSA) is 61.9 Å². The van der Waals surface area contributed by atoms with Crippen molar-refractivity contribution in [2.45, 2.75) is 32.7 Å². The van der Waals surface area contributed by atoms with E-state index in [1.54, 1.807) is 4.90 Å². The van der Waals surface area contributed by atoms with Crippen LogP contribution in [0.25, 0.3) is 0 Å². The van der Waals surface area contributed by atoms with Crippen LogP contribution in [0.5, 0.6) is 0 Å². The molecule has 6 nitrogen and oxygen atoms in total. The fourth-order valence-electron chi connectivity index (χ4n) is 4.19. The van der Waals surface area contributed by atoms with Crippen LogP contribution in [-0.2, 0) is 20.9 Å². The summed E-state index contributed by atoms with van der Waals surface area (Å²) in [5.41, 5.74) is 4.01. The Morgan fingerprint density at radius 1 is 1.13 bits per heavy atom. The van der Waals surface area contributed by atoms with E-state index >= 15 is 0 Å². The number of ether oxygens (including phenoxy) is 1. The molecule has 1 atom stereocenters. The highest BCUT2D eigenvalue weighted by Crippen LogP contribution is 2.28. The number of carbonyl (C=O) groups excluding carboxylic acids is 2. The molecule has 6 heteroatoms. The van der Waals surface area contributed by atoms with Crippen molar-refractivity contribution in [3.63, 3.8) is 0 Å². The second-order valence-corrected chi connectivity index (χ2v) is 8.73. The number of amides is 2. The molecule has 0 aromatic heterocycles. The average molecular weight is 422 g/mol. The number of morpholine rings is 1. The maximum absolute atomic E-state index is 12.9. The lowest BCUT2D eigenvalue weighted by Gasteiger charge is -2.26. The Bertz CT molecular complexity index is 937. The molecule has 0 saturated carbocycles. The molecule has 2 aromatic rings. The third-order valence-corrected chi connectivity index (χ3v) is 6.05. The van der Waals surface area contributed by atoms with Gasteiger partial charge in [0.05, 0.1) is 19.1 Å². The SMILES string of the molecule is CC(C)c1cccc(N2CC(C(=O)Nc3cccc(CN4CCOCC4)c3)CC2=O)c1. The number of nitrogens with one attached hydrogen (secondary N) is 1. The first-order valence-corrected chi connectivity index (χ1v) is 11.1. The zero-order valence-electron chi connectivity index (χ0n) is 18.3. The minimum atomic E-state index is -0.349. The molecule has 2 aliphatic rings. The number of carbonyl (C=O) groups is 2. The normalized spacial score (nSPS) is 19.8. The highest BCUT2D eigenvalue weighted by Gasteiger charge is 2.35. The van der Waals surface area contributed by atoms with Crippen LogP contribution < -0.4 is 10.2 Å². The summed E-state index contributed by atoms with van der Waals surface area (Å²) < 4.78 is 5.41. The minimum Gasteiger partial charge on any atom is -0.379 e. The third-order valence-electron chi connectivity index (χ3n) is 6.05. The number of rotatable bonds is 6. The lowest BCUT2D eigenvalue weighted by atomic mass is 10.0. The predicted molar refractivity (Wildman–Crippen MR) is 122 cm³/mol. The Labute approximate surface area is 184 Å². The van der Waals surface area contributed by atoms with Crippen molar-refractivity contribution >= 4 is 23.2 Å². The lowest BCUT2D eigenvalue weighted by molar-refractivity contribution is -0.122. The van der Waals surface area contributed by atoms with Gasteiger partial charge in [-0.25, -0.2) is 0 Å². The average Bonchev–Trinajstić information content (AvgIpc) is 3.17. The van der Waals surface area contributed by atoms with Crippen LogP contribution in [0.15, 0.2) is 48.5 Å². The van der Waals surface area contributed by atoms with Crippen molar-refractivity contribution in [3.8, 4) is 0 Å². The molecule has 0 bridgehead atoms. The number of hydrogen-bond acceptors (Lipinski definition) is 4. The van der Waals surface area contributed by atoms with E-state index in [1.165, 1.54) is 5.56 Å². The van der Waals surface area contributed by atoms with Crippen molar-refractivity contribution in [1.29, 1.82) is 0 Å². The smallest absolute Gasteiger partial charge is 0.229 e. The van der Waals surface area contributed by atoms with Gasteiger partial charge >= 0.3 is 0 Å². The van der Waals surface area contributed by atoms with E-state index in [0.717, 1.165) is 49.8 Å². The standard InChI is InChI=1S/C25H31N3O3/c1-18(2)20-6-4-8-23(14-20)28-17-21(15-24(28)29)25(30)26-22-7-3-5-19(13-22)16-27-9-11-31-12-10-27/h3-8,13-14,18,21H,9-12,15-17H2,1-2H3,(H,26,30). The van der Waals surface area contributed by atoms with Gasteiger partial charge in [-0.15, -0.1) is 0 Å². The van der Waals surface area contributed by atoms with Crippen LogP contribution in [0.3, 0.4) is 0 Å². The molecule has 4 rings (SSSR count). The largest absolute Gasteiger partial charge is 0.379 e. The second-order valence-electron chi connectivity index (χ2n) is 8.73. The van der Waals surface area contributed by atoms with Gasteiger partial charge in [0, 0.05) is 44.0 Å². The molecule has 1 N–H and O–H groups in total. The molecule has 31 heavy (non-hydrogen) atoms. The van der Waals surface area contributed by atoms with Crippen LogP contribution >= 0.6 is 0 Å². The van der Waals surface area contributed by atoms with Gasteiger partial charge in [-0.1, -0.05) is 38.1 Å². The molecule has 0 spiro atoms. The zero-order chi connectivity index (χ0) is 21.8. The Kier molecular flexibility index (Phi) is 6.68. The molecule has 1 unspecified atom stereocenters. The van der Waals surface area contributed by atoms with Crippen LogP contribution in [0.2, 0.25) is 0 Å². The van der Waals surface area contributed by atoms with Crippen molar-refractivity contribution < 1.29 is 14.3 Å². The summed E-state index contributed by atoms with van der Waals surface area (Å²) in [5, 5.41) is 3.02. The monoisotopic (exact) mass is 421 g/mol. The van der Waals surface area contributed by atoms with E-state index in [9.17, 15) is 9.59 Å². The van der Waals surface area contributed by atoms with E-state index in [2.05, 4.69) is 42.3 Å². The summed E-state index contributed by atoms with van der Waals surface area (Å²) >= 11 is 0. The Morgan fingerprint density at radius 3 is 2.68 bits per heavy atom.